The molecule has 0 N–H and O–H groups in total. The quantitative estimate of drug-likeness (QED) is 0.199. The molecule has 0 amide bonds. The molecule has 1 aromatic rings. The van der Waals surface area contributed by atoms with E-state index < -0.39 is 16.9 Å². The number of aliphatic imine (C=N–C) groups is 2. The van der Waals surface area contributed by atoms with Crippen molar-refractivity contribution in [2.45, 2.75) is 65.3 Å². The normalized spacial score (nSPS) is 13.0. The van der Waals surface area contributed by atoms with E-state index in [1.807, 2.05) is 44.6 Å². The highest BCUT2D eigenvalue weighted by Crippen LogP contribution is 2.16. The molecule has 6 nitrogen and oxygen atoms in total. The van der Waals surface area contributed by atoms with E-state index in [4.69, 9.17) is 13.3 Å². The SMILES string of the molecule is CCO[Si](C)(C)CCC/N=C/c1ccc(/C=N/CCC[Si](C)(OCC)OCC)cn1. The van der Waals surface area contributed by atoms with Crippen molar-refractivity contribution in [3.8, 4) is 0 Å². The maximum atomic E-state index is 5.86. The molecule has 0 aliphatic rings. The summed E-state index contributed by atoms with van der Waals surface area (Å²) in [7, 11) is -3.52. The summed E-state index contributed by atoms with van der Waals surface area (Å²) in [6, 6.07) is 6.11. The molecule has 0 spiro atoms. The summed E-state index contributed by atoms with van der Waals surface area (Å²) in [6.45, 7) is 16.6. The predicted molar refractivity (Wildman–Crippen MR) is 132 cm³/mol. The topological polar surface area (TPSA) is 65.3 Å². The Morgan fingerprint density at radius 3 is 2.00 bits per heavy atom. The maximum absolute atomic E-state index is 5.86. The first-order valence-electron chi connectivity index (χ1n) is 11.2. The summed E-state index contributed by atoms with van der Waals surface area (Å²) >= 11 is 0. The lowest BCUT2D eigenvalue weighted by Crippen LogP contribution is -2.38. The van der Waals surface area contributed by atoms with Crippen molar-refractivity contribution in [2.75, 3.05) is 32.9 Å². The molecule has 0 bridgehead atoms. The number of nitrogens with zero attached hydrogens (tertiary/aromatic N) is 3. The van der Waals surface area contributed by atoms with Gasteiger partial charge in [0.05, 0.1) is 5.69 Å². The van der Waals surface area contributed by atoms with E-state index in [0.717, 1.165) is 55.9 Å². The van der Waals surface area contributed by atoms with Gasteiger partial charge in [0.25, 0.3) is 0 Å². The predicted octanol–water partition coefficient (Wildman–Crippen LogP) is 5.09. The van der Waals surface area contributed by atoms with Crippen molar-refractivity contribution in [1.29, 1.82) is 0 Å². The minimum Gasteiger partial charge on any atom is -0.418 e. The number of hydrogen-bond donors (Lipinski definition) is 0. The van der Waals surface area contributed by atoms with Crippen molar-refractivity contribution >= 4 is 29.3 Å². The van der Waals surface area contributed by atoms with Crippen LogP contribution in [0, 0.1) is 0 Å². The first kappa shape index (κ1) is 26.8. The molecule has 1 heterocycles. The summed E-state index contributed by atoms with van der Waals surface area (Å²) in [6.07, 6.45) is 7.61. The van der Waals surface area contributed by atoms with Gasteiger partial charge in [0.2, 0.25) is 0 Å². The lowest BCUT2D eigenvalue weighted by Gasteiger charge is -2.25. The molecular weight excluding hydrogens is 410 g/mol. The van der Waals surface area contributed by atoms with Crippen molar-refractivity contribution in [1.82, 2.24) is 4.98 Å². The standard InChI is InChI=1S/C22H41N3O3Si2/c1-7-26-29(4,5)16-10-14-24-20-22-13-12-21(19-25-22)18-23-15-11-17-30(6,27-8-2)28-9-3/h12-13,18-20H,7-11,14-17H2,1-6H3/b23-18+,24-20+. The van der Waals surface area contributed by atoms with E-state index in [2.05, 4.69) is 41.5 Å². The molecule has 170 valence electrons. The fourth-order valence-corrected chi connectivity index (χ4v) is 7.57. The van der Waals surface area contributed by atoms with Crippen LogP contribution >= 0.6 is 0 Å². The van der Waals surface area contributed by atoms with Crippen molar-refractivity contribution < 1.29 is 13.3 Å². The minimum atomic E-state index is -2.03. The molecule has 0 unspecified atom stereocenters. The smallest absolute Gasteiger partial charge is 0.334 e. The van der Waals surface area contributed by atoms with Gasteiger partial charge in [-0.15, -0.1) is 0 Å². The van der Waals surface area contributed by atoms with Gasteiger partial charge >= 0.3 is 8.56 Å². The first-order valence-corrected chi connectivity index (χ1v) is 16.9. The summed E-state index contributed by atoms with van der Waals surface area (Å²) < 4.78 is 17.6. The van der Waals surface area contributed by atoms with Crippen molar-refractivity contribution in [2.24, 2.45) is 9.98 Å². The van der Waals surface area contributed by atoms with Gasteiger partial charge in [0, 0.05) is 57.1 Å². The molecule has 0 aromatic carbocycles. The second-order valence-corrected chi connectivity index (χ2v) is 15.6. The Kier molecular flexibility index (Phi) is 13.2. The molecule has 1 rings (SSSR count). The molecule has 0 fully saturated rings. The summed E-state index contributed by atoms with van der Waals surface area (Å²) in [5, 5.41) is 0. The molecular formula is C22H41N3O3Si2. The lowest BCUT2D eigenvalue weighted by molar-refractivity contribution is 0.188. The molecule has 0 atom stereocenters. The number of aromatic nitrogens is 1. The monoisotopic (exact) mass is 451 g/mol. The lowest BCUT2D eigenvalue weighted by atomic mass is 10.3. The van der Waals surface area contributed by atoms with Crippen LogP contribution in [-0.4, -0.2) is 67.2 Å². The van der Waals surface area contributed by atoms with Crippen LogP contribution in [0.3, 0.4) is 0 Å². The van der Waals surface area contributed by atoms with Gasteiger partial charge in [0.15, 0.2) is 8.32 Å². The fourth-order valence-electron chi connectivity index (χ4n) is 3.24. The molecule has 0 saturated carbocycles. The van der Waals surface area contributed by atoms with E-state index >= 15 is 0 Å². The highest BCUT2D eigenvalue weighted by molar-refractivity contribution is 6.71. The molecule has 1 aromatic heterocycles. The highest BCUT2D eigenvalue weighted by atomic mass is 28.4. The van der Waals surface area contributed by atoms with Gasteiger partial charge in [0.1, 0.15) is 0 Å². The Labute approximate surface area is 185 Å². The van der Waals surface area contributed by atoms with Crippen LogP contribution in [0.2, 0.25) is 31.7 Å². The summed E-state index contributed by atoms with van der Waals surface area (Å²) in [5.41, 5.74) is 1.88. The van der Waals surface area contributed by atoms with Gasteiger partial charge < -0.3 is 13.3 Å². The van der Waals surface area contributed by atoms with E-state index in [1.165, 1.54) is 0 Å². The first-order chi connectivity index (χ1) is 14.3. The van der Waals surface area contributed by atoms with Gasteiger partial charge in [-0.1, -0.05) is 0 Å². The van der Waals surface area contributed by atoms with E-state index in [1.54, 1.807) is 0 Å². The van der Waals surface area contributed by atoms with Crippen LogP contribution in [0.5, 0.6) is 0 Å². The third kappa shape index (κ3) is 11.9. The van der Waals surface area contributed by atoms with Crippen LogP contribution in [-0.2, 0) is 13.3 Å². The Hall–Kier alpha value is -1.20. The number of hydrogen-bond acceptors (Lipinski definition) is 6. The van der Waals surface area contributed by atoms with Crippen LogP contribution in [0.15, 0.2) is 28.3 Å². The van der Waals surface area contributed by atoms with E-state index in [-0.39, 0.29) is 0 Å². The molecule has 0 aliphatic heterocycles. The Morgan fingerprint density at radius 2 is 1.43 bits per heavy atom. The largest absolute Gasteiger partial charge is 0.418 e. The number of pyridine rings is 1. The maximum Gasteiger partial charge on any atom is 0.334 e. The van der Waals surface area contributed by atoms with Crippen LogP contribution < -0.4 is 0 Å². The number of rotatable bonds is 16. The van der Waals surface area contributed by atoms with Crippen molar-refractivity contribution in [3.05, 3.63) is 29.6 Å². The van der Waals surface area contributed by atoms with Crippen molar-refractivity contribution in [3.63, 3.8) is 0 Å². The molecule has 8 heteroatoms. The average Bonchev–Trinajstić information content (AvgIpc) is 2.69. The highest BCUT2D eigenvalue weighted by Gasteiger charge is 2.29. The van der Waals surface area contributed by atoms with Gasteiger partial charge in [-0.3, -0.25) is 15.0 Å². The fraction of sp³-hybridized carbons (Fsp3) is 0.682. The molecule has 0 aliphatic carbocycles. The van der Waals surface area contributed by atoms with E-state index in [0.29, 0.717) is 13.2 Å². The molecule has 0 radical (unpaired) electrons. The Morgan fingerprint density at radius 1 is 0.833 bits per heavy atom. The van der Waals surface area contributed by atoms with Crippen LogP contribution in [0.4, 0.5) is 0 Å². The summed E-state index contributed by atoms with van der Waals surface area (Å²) in [4.78, 5) is 13.5. The Balaban J connectivity index is 2.35. The van der Waals surface area contributed by atoms with Gasteiger partial charge in [-0.2, -0.15) is 0 Å². The van der Waals surface area contributed by atoms with Crippen LogP contribution in [0.25, 0.3) is 0 Å². The zero-order valence-corrected chi connectivity index (χ0v) is 21.8. The zero-order chi connectivity index (χ0) is 22.3. The molecule has 0 saturated heterocycles. The average molecular weight is 452 g/mol. The summed E-state index contributed by atoms with van der Waals surface area (Å²) in [5.74, 6) is 0. The van der Waals surface area contributed by atoms with Gasteiger partial charge in [-0.25, -0.2) is 0 Å². The minimum absolute atomic E-state index is 0.709. The third-order valence-corrected chi connectivity index (χ3v) is 10.4. The Bertz CT molecular complexity index is 631. The second kappa shape index (κ2) is 14.7. The second-order valence-electron chi connectivity index (χ2n) is 7.99. The third-order valence-electron chi connectivity index (χ3n) is 4.69. The van der Waals surface area contributed by atoms with E-state index in [9.17, 15) is 0 Å². The van der Waals surface area contributed by atoms with Gasteiger partial charge in [-0.05, 0) is 77.5 Å². The zero-order valence-electron chi connectivity index (χ0n) is 19.8. The molecule has 30 heavy (non-hydrogen) atoms. The van der Waals surface area contributed by atoms with Crippen LogP contribution in [0.1, 0.15) is 44.9 Å².